The Morgan fingerprint density at radius 1 is 0.971 bits per heavy atom. The summed E-state index contributed by atoms with van der Waals surface area (Å²) in [5.74, 6) is 0. The third kappa shape index (κ3) is 10.8. The van der Waals surface area contributed by atoms with E-state index in [0.717, 1.165) is 5.56 Å². The normalized spacial score (nSPS) is 21.9. The van der Waals surface area contributed by atoms with E-state index in [1.807, 2.05) is 12.1 Å². The molecule has 1 aromatic carbocycles. The second-order valence-electron chi connectivity index (χ2n) is 8.95. The molecule has 1 aromatic rings. The van der Waals surface area contributed by atoms with Gasteiger partial charge in [-0.25, -0.2) is 0 Å². The highest BCUT2D eigenvalue weighted by atomic mass is 31.2. The van der Waals surface area contributed by atoms with Crippen LogP contribution in [0.1, 0.15) is 38.8 Å². The molecule has 34 heavy (non-hydrogen) atoms. The summed E-state index contributed by atoms with van der Waals surface area (Å²) in [6, 6.07) is 5.54. The van der Waals surface area contributed by atoms with E-state index in [1.54, 1.807) is 13.0 Å². The average molecular weight is 505 g/mol. The number of benzene rings is 1. The SMILES string of the molecule is CCOP(=O)(O)c1cc(C(C)(C)C)ccc1COCC1COCCOCCOCCOCCO1. The molecular formula is C24H41O9P. The minimum atomic E-state index is -3.97. The van der Waals surface area contributed by atoms with Crippen molar-refractivity contribution in [3.63, 3.8) is 0 Å². The highest BCUT2D eigenvalue weighted by molar-refractivity contribution is 7.61. The van der Waals surface area contributed by atoms with Gasteiger partial charge in [-0.15, -0.1) is 0 Å². The predicted molar refractivity (Wildman–Crippen MR) is 129 cm³/mol. The van der Waals surface area contributed by atoms with Gasteiger partial charge in [-0.05, 0) is 29.5 Å². The highest BCUT2D eigenvalue weighted by Crippen LogP contribution is 2.42. The fraction of sp³-hybridized carbons (Fsp3) is 0.750. The summed E-state index contributed by atoms with van der Waals surface area (Å²) in [7, 11) is -3.97. The van der Waals surface area contributed by atoms with Crippen LogP contribution in [0.3, 0.4) is 0 Å². The Morgan fingerprint density at radius 3 is 2.15 bits per heavy atom. The minimum absolute atomic E-state index is 0.138. The Kier molecular flexibility index (Phi) is 13.2. The van der Waals surface area contributed by atoms with Crippen LogP contribution in [0.25, 0.3) is 0 Å². The molecule has 0 aliphatic carbocycles. The number of hydrogen-bond acceptors (Lipinski definition) is 8. The summed E-state index contributed by atoms with van der Waals surface area (Å²) in [6.45, 7) is 12.5. The number of ether oxygens (including phenoxy) is 6. The summed E-state index contributed by atoms with van der Waals surface area (Å²) >= 11 is 0. The molecule has 9 nitrogen and oxygen atoms in total. The second kappa shape index (κ2) is 15.3. The van der Waals surface area contributed by atoms with Crippen molar-refractivity contribution >= 4 is 12.9 Å². The van der Waals surface area contributed by atoms with Crippen molar-refractivity contribution in [2.75, 3.05) is 72.7 Å². The van der Waals surface area contributed by atoms with E-state index in [9.17, 15) is 9.46 Å². The van der Waals surface area contributed by atoms with Gasteiger partial charge in [-0.1, -0.05) is 32.9 Å². The molecular weight excluding hydrogens is 463 g/mol. The zero-order valence-electron chi connectivity index (χ0n) is 21.0. The number of hydrogen-bond donors (Lipinski definition) is 1. The van der Waals surface area contributed by atoms with Crippen molar-refractivity contribution in [1.29, 1.82) is 0 Å². The van der Waals surface area contributed by atoms with E-state index in [-0.39, 0.29) is 36.6 Å². The smallest absolute Gasteiger partial charge is 0.359 e. The van der Waals surface area contributed by atoms with Crippen LogP contribution >= 0.6 is 7.60 Å². The summed E-state index contributed by atoms with van der Waals surface area (Å²) in [5.41, 5.74) is 1.39. The molecule has 2 rings (SSSR count). The standard InChI is InChI=1S/C24H41O9P/c1-5-33-34(25,26)23-16-21(24(2,3)4)7-6-20(23)17-31-19-22-18-30-13-12-28-9-8-27-10-11-29-14-15-32-22/h6-7,16,22H,5,8-15,17-19H2,1-4H3,(H,25,26). The molecule has 0 aromatic heterocycles. The number of rotatable bonds is 7. The van der Waals surface area contributed by atoms with Gasteiger partial charge in [0.05, 0.1) is 84.6 Å². The van der Waals surface area contributed by atoms with Gasteiger partial charge in [0.25, 0.3) is 0 Å². The lowest BCUT2D eigenvalue weighted by atomic mass is 9.87. The molecule has 1 aliphatic heterocycles. The zero-order chi connectivity index (χ0) is 24.9. The first kappa shape index (κ1) is 29.4. The van der Waals surface area contributed by atoms with Crippen molar-refractivity contribution in [3.05, 3.63) is 29.3 Å². The Balaban J connectivity index is 2.00. The summed E-state index contributed by atoms with van der Waals surface area (Å²) in [5, 5.41) is 0.272. The van der Waals surface area contributed by atoms with Crippen LogP contribution in [0, 0.1) is 0 Å². The highest BCUT2D eigenvalue weighted by Gasteiger charge is 2.28. The van der Waals surface area contributed by atoms with Gasteiger partial charge in [0.2, 0.25) is 0 Å². The predicted octanol–water partition coefficient (Wildman–Crippen LogP) is 2.81. The van der Waals surface area contributed by atoms with Crippen LogP contribution in [-0.4, -0.2) is 83.7 Å². The monoisotopic (exact) mass is 504 g/mol. The van der Waals surface area contributed by atoms with E-state index in [4.69, 9.17) is 32.9 Å². The molecule has 0 radical (unpaired) electrons. The van der Waals surface area contributed by atoms with Gasteiger partial charge >= 0.3 is 7.60 Å². The third-order valence-corrected chi connectivity index (χ3v) is 6.76. The van der Waals surface area contributed by atoms with E-state index >= 15 is 0 Å². The molecule has 2 atom stereocenters. The lowest BCUT2D eigenvalue weighted by Crippen LogP contribution is -2.28. The van der Waals surface area contributed by atoms with E-state index in [1.165, 1.54) is 0 Å². The molecule has 1 fully saturated rings. The molecule has 0 amide bonds. The van der Waals surface area contributed by atoms with Gasteiger partial charge in [0, 0.05) is 0 Å². The van der Waals surface area contributed by atoms with Crippen molar-refractivity contribution < 1.29 is 42.4 Å². The van der Waals surface area contributed by atoms with Crippen molar-refractivity contribution in [2.45, 2.75) is 45.8 Å². The quantitative estimate of drug-likeness (QED) is 0.562. The Hall–Kier alpha value is -0.870. The first-order valence-corrected chi connectivity index (χ1v) is 13.4. The Morgan fingerprint density at radius 2 is 1.56 bits per heavy atom. The van der Waals surface area contributed by atoms with Crippen LogP contribution in [0.2, 0.25) is 0 Å². The van der Waals surface area contributed by atoms with Crippen LogP contribution in [-0.2, 0) is 49.5 Å². The van der Waals surface area contributed by atoms with E-state index < -0.39 is 7.60 Å². The molecule has 1 aliphatic rings. The largest absolute Gasteiger partial charge is 0.377 e. The molecule has 1 saturated heterocycles. The van der Waals surface area contributed by atoms with Crippen LogP contribution in [0.4, 0.5) is 0 Å². The van der Waals surface area contributed by atoms with E-state index in [2.05, 4.69) is 20.8 Å². The zero-order valence-corrected chi connectivity index (χ0v) is 21.8. The summed E-state index contributed by atoms with van der Waals surface area (Å²) in [6.07, 6.45) is -0.310. The molecule has 196 valence electrons. The molecule has 10 heteroatoms. The average Bonchev–Trinajstić information content (AvgIpc) is 2.78. The van der Waals surface area contributed by atoms with Crippen molar-refractivity contribution in [2.24, 2.45) is 0 Å². The molecule has 1 heterocycles. The topological polar surface area (TPSA) is 102 Å². The summed E-state index contributed by atoms with van der Waals surface area (Å²) in [4.78, 5) is 10.5. The maximum atomic E-state index is 12.9. The van der Waals surface area contributed by atoms with Crippen LogP contribution in [0.5, 0.6) is 0 Å². The van der Waals surface area contributed by atoms with Gasteiger partial charge in [0.15, 0.2) is 0 Å². The van der Waals surface area contributed by atoms with E-state index in [0.29, 0.717) is 65.0 Å². The summed E-state index contributed by atoms with van der Waals surface area (Å²) < 4.78 is 51.9. The first-order valence-electron chi connectivity index (χ1n) is 11.9. The molecule has 0 spiro atoms. The van der Waals surface area contributed by atoms with Gasteiger partial charge < -0.3 is 37.8 Å². The van der Waals surface area contributed by atoms with Gasteiger partial charge in [-0.2, -0.15) is 0 Å². The maximum absolute atomic E-state index is 12.9. The van der Waals surface area contributed by atoms with Crippen LogP contribution in [0.15, 0.2) is 18.2 Å². The van der Waals surface area contributed by atoms with Gasteiger partial charge in [-0.3, -0.25) is 4.57 Å². The van der Waals surface area contributed by atoms with Gasteiger partial charge in [0.1, 0.15) is 6.10 Å². The van der Waals surface area contributed by atoms with Crippen LogP contribution < -0.4 is 5.30 Å². The molecule has 0 saturated carbocycles. The second-order valence-corrected chi connectivity index (χ2v) is 10.7. The van der Waals surface area contributed by atoms with Crippen molar-refractivity contribution in [3.8, 4) is 0 Å². The first-order chi connectivity index (χ1) is 16.2. The van der Waals surface area contributed by atoms with Crippen molar-refractivity contribution in [1.82, 2.24) is 0 Å². The molecule has 0 bridgehead atoms. The molecule has 2 unspecified atom stereocenters. The Labute approximate surface area is 203 Å². The fourth-order valence-corrected chi connectivity index (χ4v) is 4.55. The Bertz CT molecular complexity index is 734. The minimum Gasteiger partial charge on any atom is -0.377 e. The molecule has 1 N–H and O–H groups in total. The third-order valence-electron chi connectivity index (χ3n) is 5.12. The lowest BCUT2D eigenvalue weighted by molar-refractivity contribution is -0.0801. The maximum Gasteiger partial charge on any atom is 0.359 e. The fourth-order valence-electron chi connectivity index (χ4n) is 3.25. The lowest BCUT2D eigenvalue weighted by Gasteiger charge is -2.23.